The van der Waals surface area contributed by atoms with Crippen LogP contribution in [-0.2, 0) is 12.8 Å². The Bertz CT molecular complexity index is 301. The summed E-state index contributed by atoms with van der Waals surface area (Å²) < 4.78 is 0. The van der Waals surface area contributed by atoms with Gasteiger partial charge in [-0.05, 0) is 36.8 Å². The first-order chi connectivity index (χ1) is 6.16. The molecule has 0 aromatic carbocycles. The molecule has 0 amide bonds. The molecule has 0 aliphatic heterocycles. The first kappa shape index (κ1) is 9.22. The van der Waals surface area contributed by atoms with Gasteiger partial charge in [0.05, 0.1) is 6.10 Å². The van der Waals surface area contributed by atoms with E-state index in [1.54, 1.807) is 0 Å². The SMILES string of the molecule is CC(C)c1cc2c(s1)CCC(O)C2. The third-order valence-electron chi connectivity index (χ3n) is 2.64. The van der Waals surface area contributed by atoms with Crippen LogP contribution in [0.1, 0.15) is 41.5 Å². The van der Waals surface area contributed by atoms with Gasteiger partial charge in [-0.15, -0.1) is 11.3 Å². The molecule has 13 heavy (non-hydrogen) atoms. The van der Waals surface area contributed by atoms with E-state index >= 15 is 0 Å². The smallest absolute Gasteiger partial charge is 0.0584 e. The van der Waals surface area contributed by atoms with Crippen molar-refractivity contribution in [2.45, 2.75) is 45.1 Å². The summed E-state index contributed by atoms with van der Waals surface area (Å²) in [7, 11) is 0. The average Bonchev–Trinajstić information content (AvgIpc) is 2.46. The predicted molar refractivity (Wildman–Crippen MR) is 56.4 cm³/mol. The largest absolute Gasteiger partial charge is 0.393 e. The zero-order chi connectivity index (χ0) is 9.42. The zero-order valence-corrected chi connectivity index (χ0v) is 9.03. The molecule has 0 saturated heterocycles. The van der Waals surface area contributed by atoms with E-state index in [-0.39, 0.29) is 6.10 Å². The van der Waals surface area contributed by atoms with Gasteiger partial charge in [0, 0.05) is 9.75 Å². The van der Waals surface area contributed by atoms with Crippen molar-refractivity contribution >= 4 is 11.3 Å². The molecule has 1 aliphatic carbocycles. The molecule has 0 bridgehead atoms. The molecule has 1 unspecified atom stereocenters. The van der Waals surface area contributed by atoms with E-state index < -0.39 is 0 Å². The summed E-state index contributed by atoms with van der Waals surface area (Å²) in [5.74, 6) is 0.632. The highest BCUT2D eigenvalue weighted by Crippen LogP contribution is 2.33. The second-order valence-corrected chi connectivity index (χ2v) is 5.32. The molecule has 1 aliphatic rings. The lowest BCUT2D eigenvalue weighted by atomic mass is 9.96. The minimum Gasteiger partial charge on any atom is -0.393 e. The van der Waals surface area contributed by atoms with Crippen LogP contribution in [0.3, 0.4) is 0 Å². The summed E-state index contributed by atoms with van der Waals surface area (Å²) in [6.45, 7) is 4.46. The van der Waals surface area contributed by atoms with Crippen LogP contribution in [-0.4, -0.2) is 11.2 Å². The van der Waals surface area contributed by atoms with Crippen LogP contribution in [0, 0.1) is 0 Å². The summed E-state index contributed by atoms with van der Waals surface area (Å²) in [5.41, 5.74) is 1.40. The van der Waals surface area contributed by atoms with Crippen LogP contribution in [0.4, 0.5) is 0 Å². The van der Waals surface area contributed by atoms with E-state index in [1.807, 2.05) is 11.3 Å². The maximum atomic E-state index is 9.51. The minimum atomic E-state index is -0.0953. The lowest BCUT2D eigenvalue weighted by molar-refractivity contribution is 0.159. The van der Waals surface area contributed by atoms with Gasteiger partial charge in [-0.3, -0.25) is 0 Å². The summed E-state index contributed by atoms with van der Waals surface area (Å²) in [6.07, 6.45) is 2.81. The van der Waals surface area contributed by atoms with Gasteiger partial charge >= 0.3 is 0 Å². The molecule has 1 atom stereocenters. The van der Waals surface area contributed by atoms with Crippen molar-refractivity contribution in [3.63, 3.8) is 0 Å². The standard InChI is InChI=1S/C11H16OS/c1-7(2)11-6-8-5-9(12)3-4-10(8)13-11/h6-7,9,12H,3-5H2,1-2H3. The Labute approximate surface area is 83.4 Å². The van der Waals surface area contributed by atoms with Crippen LogP contribution in [0.5, 0.6) is 0 Å². The molecule has 2 heteroatoms. The van der Waals surface area contributed by atoms with Crippen molar-refractivity contribution in [1.29, 1.82) is 0 Å². The maximum absolute atomic E-state index is 9.51. The topological polar surface area (TPSA) is 20.2 Å². The highest BCUT2D eigenvalue weighted by Gasteiger charge is 2.19. The van der Waals surface area contributed by atoms with Crippen LogP contribution < -0.4 is 0 Å². The fourth-order valence-corrected chi connectivity index (χ4v) is 3.03. The third kappa shape index (κ3) is 1.79. The van der Waals surface area contributed by atoms with Crippen molar-refractivity contribution in [2.24, 2.45) is 0 Å². The Kier molecular flexibility index (Phi) is 2.43. The number of rotatable bonds is 1. The highest BCUT2D eigenvalue weighted by atomic mass is 32.1. The predicted octanol–water partition coefficient (Wildman–Crippen LogP) is 2.72. The number of thiophene rings is 1. The molecule has 1 aromatic heterocycles. The quantitative estimate of drug-likeness (QED) is 0.732. The first-order valence-corrected chi connectivity index (χ1v) is 5.78. The molecular weight excluding hydrogens is 180 g/mol. The number of hydrogen-bond donors (Lipinski definition) is 1. The van der Waals surface area contributed by atoms with Crippen molar-refractivity contribution in [3.8, 4) is 0 Å². The van der Waals surface area contributed by atoms with Crippen molar-refractivity contribution < 1.29 is 5.11 Å². The molecule has 72 valence electrons. The second kappa shape index (κ2) is 3.43. The van der Waals surface area contributed by atoms with Crippen LogP contribution >= 0.6 is 11.3 Å². The molecule has 1 nitrogen and oxygen atoms in total. The molecule has 0 radical (unpaired) electrons. The van der Waals surface area contributed by atoms with Gasteiger partial charge in [0.25, 0.3) is 0 Å². The summed E-state index contributed by atoms with van der Waals surface area (Å²) in [4.78, 5) is 2.98. The summed E-state index contributed by atoms with van der Waals surface area (Å²) >= 11 is 1.93. The first-order valence-electron chi connectivity index (χ1n) is 4.96. The second-order valence-electron chi connectivity index (χ2n) is 4.15. The Morgan fingerprint density at radius 1 is 1.54 bits per heavy atom. The van der Waals surface area contributed by atoms with E-state index in [4.69, 9.17) is 0 Å². The number of aryl methyl sites for hydroxylation is 1. The number of aliphatic hydroxyl groups excluding tert-OH is 1. The van der Waals surface area contributed by atoms with Crippen molar-refractivity contribution in [2.75, 3.05) is 0 Å². The Balaban J connectivity index is 2.28. The van der Waals surface area contributed by atoms with Crippen LogP contribution in [0.25, 0.3) is 0 Å². The summed E-state index contributed by atoms with van der Waals surface area (Å²) in [5, 5.41) is 9.51. The van der Waals surface area contributed by atoms with E-state index in [2.05, 4.69) is 19.9 Å². The van der Waals surface area contributed by atoms with Gasteiger partial charge in [0.2, 0.25) is 0 Å². The molecule has 0 fully saturated rings. The van der Waals surface area contributed by atoms with Crippen molar-refractivity contribution in [3.05, 3.63) is 21.4 Å². The lowest BCUT2D eigenvalue weighted by Crippen LogP contribution is -2.16. The Morgan fingerprint density at radius 3 is 3.00 bits per heavy atom. The molecule has 1 aromatic rings. The van der Waals surface area contributed by atoms with Gasteiger partial charge in [0.15, 0.2) is 0 Å². The fourth-order valence-electron chi connectivity index (χ4n) is 1.81. The zero-order valence-electron chi connectivity index (χ0n) is 8.21. The van der Waals surface area contributed by atoms with E-state index in [0.717, 1.165) is 19.3 Å². The fraction of sp³-hybridized carbons (Fsp3) is 0.636. The van der Waals surface area contributed by atoms with Gasteiger partial charge < -0.3 is 5.11 Å². The van der Waals surface area contributed by atoms with Gasteiger partial charge in [-0.1, -0.05) is 13.8 Å². The van der Waals surface area contributed by atoms with Gasteiger partial charge in [-0.25, -0.2) is 0 Å². The van der Waals surface area contributed by atoms with Crippen LogP contribution in [0.2, 0.25) is 0 Å². The van der Waals surface area contributed by atoms with E-state index in [0.29, 0.717) is 5.92 Å². The normalized spacial score (nSPS) is 22.0. The number of aliphatic hydroxyl groups is 1. The Hall–Kier alpha value is -0.340. The van der Waals surface area contributed by atoms with E-state index in [1.165, 1.54) is 15.3 Å². The monoisotopic (exact) mass is 196 g/mol. The van der Waals surface area contributed by atoms with Crippen LogP contribution in [0.15, 0.2) is 6.07 Å². The van der Waals surface area contributed by atoms with Crippen molar-refractivity contribution in [1.82, 2.24) is 0 Å². The molecule has 0 saturated carbocycles. The van der Waals surface area contributed by atoms with E-state index in [9.17, 15) is 5.11 Å². The van der Waals surface area contributed by atoms with Gasteiger partial charge in [-0.2, -0.15) is 0 Å². The Morgan fingerprint density at radius 2 is 2.31 bits per heavy atom. The lowest BCUT2D eigenvalue weighted by Gasteiger charge is -2.16. The maximum Gasteiger partial charge on any atom is 0.0584 e. The molecule has 1 heterocycles. The third-order valence-corrected chi connectivity index (χ3v) is 4.18. The molecule has 1 N–H and O–H groups in total. The highest BCUT2D eigenvalue weighted by molar-refractivity contribution is 7.12. The average molecular weight is 196 g/mol. The molecular formula is C11H16OS. The van der Waals surface area contributed by atoms with Gasteiger partial charge in [0.1, 0.15) is 0 Å². The number of hydrogen-bond acceptors (Lipinski definition) is 2. The number of fused-ring (bicyclic) bond motifs is 1. The molecule has 0 spiro atoms. The minimum absolute atomic E-state index is 0.0953. The molecule has 2 rings (SSSR count). The summed E-state index contributed by atoms with van der Waals surface area (Å²) in [6, 6.07) is 2.28.